The zero-order valence-corrected chi connectivity index (χ0v) is 8.97. The van der Waals surface area contributed by atoms with Crippen molar-refractivity contribution in [2.24, 2.45) is 5.73 Å². The molecular formula is C12H11N3O2. The zero-order chi connectivity index (χ0) is 12.4. The Morgan fingerprint density at radius 2 is 2.35 bits per heavy atom. The van der Waals surface area contributed by atoms with Gasteiger partial charge in [0.15, 0.2) is 0 Å². The lowest BCUT2D eigenvalue weighted by Crippen LogP contribution is -2.32. The van der Waals surface area contributed by atoms with E-state index in [1.54, 1.807) is 18.3 Å². The molecule has 5 nitrogen and oxygen atoms in total. The molecule has 0 amide bonds. The number of nitrogens with two attached hydrogens (primary N) is 1. The summed E-state index contributed by atoms with van der Waals surface area (Å²) in [5.74, 6) is -1.03. The predicted octanol–water partition coefficient (Wildman–Crippen LogP) is 0.994. The highest BCUT2D eigenvalue weighted by Gasteiger charge is 2.15. The molecule has 1 aromatic carbocycles. The van der Waals surface area contributed by atoms with Gasteiger partial charge in [0.25, 0.3) is 0 Å². The Balaban J connectivity index is 2.44. The van der Waals surface area contributed by atoms with Gasteiger partial charge in [-0.05, 0) is 11.6 Å². The van der Waals surface area contributed by atoms with Crippen molar-refractivity contribution in [2.75, 3.05) is 0 Å². The summed E-state index contributed by atoms with van der Waals surface area (Å²) in [7, 11) is 0. The molecular weight excluding hydrogens is 218 g/mol. The molecule has 4 N–H and O–H groups in total. The molecule has 0 aliphatic rings. The van der Waals surface area contributed by atoms with Crippen molar-refractivity contribution in [1.29, 1.82) is 5.26 Å². The first-order valence-corrected chi connectivity index (χ1v) is 5.11. The highest BCUT2D eigenvalue weighted by molar-refractivity contribution is 5.88. The number of aromatic amines is 1. The fraction of sp³-hybridized carbons (Fsp3) is 0.167. The maximum absolute atomic E-state index is 10.7. The molecule has 2 rings (SSSR count). The minimum absolute atomic E-state index is 0.240. The SMILES string of the molecule is N#Cc1cccc2c(C[C@@H](N)C(=O)O)c[nH]c12. The topological polar surface area (TPSA) is 103 Å². The van der Waals surface area contributed by atoms with E-state index in [-0.39, 0.29) is 6.42 Å². The maximum atomic E-state index is 10.7. The van der Waals surface area contributed by atoms with Gasteiger partial charge in [0.05, 0.1) is 11.1 Å². The highest BCUT2D eigenvalue weighted by Crippen LogP contribution is 2.22. The summed E-state index contributed by atoms with van der Waals surface area (Å²) in [6.07, 6.45) is 1.94. The van der Waals surface area contributed by atoms with Gasteiger partial charge in [0.2, 0.25) is 0 Å². The largest absolute Gasteiger partial charge is 0.480 e. The number of rotatable bonds is 3. The summed E-state index contributed by atoms with van der Waals surface area (Å²) in [6.45, 7) is 0. The van der Waals surface area contributed by atoms with Gasteiger partial charge in [-0.2, -0.15) is 5.26 Å². The third-order valence-corrected chi connectivity index (χ3v) is 2.68. The summed E-state index contributed by atoms with van der Waals surface area (Å²) in [5, 5.41) is 18.5. The number of hydrogen-bond donors (Lipinski definition) is 3. The number of fused-ring (bicyclic) bond motifs is 1. The number of aromatic nitrogens is 1. The van der Waals surface area contributed by atoms with E-state index < -0.39 is 12.0 Å². The fourth-order valence-corrected chi connectivity index (χ4v) is 1.80. The number of aliphatic carboxylic acids is 1. The molecule has 0 fully saturated rings. The van der Waals surface area contributed by atoms with E-state index >= 15 is 0 Å². The number of hydrogen-bond acceptors (Lipinski definition) is 3. The van der Waals surface area contributed by atoms with Gasteiger partial charge in [-0.1, -0.05) is 12.1 Å². The van der Waals surface area contributed by atoms with Crippen LogP contribution in [-0.4, -0.2) is 22.1 Å². The molecule has 17 heavy (non-hydrogen) atoms. The Morgan fingerprint density at radius 1 is 1.59 bits per heavy atom. The number of nitrogens with zero attached hydrogens (tertiary/aromatic N) is 1. The molecule has 5 heteroatoms. The third kappa shape index (κ3) is 1.98. The van der Waals surface area contributed by atoms with E-state index in [1.165, 1.54) is 0 Å². The molecule has 0 aliphatic heterocycles. The smallest absolute Gasteiger partial charge is 0.320 e. The van der Waals surface area contributed by atoms with Crippen LogP contribution in [0.15, 0.2) is 24.4 Å². The summed E-state index contributed by atoms with van der Waals surface area (Å²) in [4.78, 5) is 13.7. The second-order valence-corrected chi connectivity index (χ2v) is 3.80. The summed E-state index contributed by atoms with van der Waals surface area (Å²) in [6, 6.07) is 6.47. The van der Waals surface area contributed by atoms with Gasteiger partial charge < -0.3 is 15.8 Å². The molecule has 0 saturated carbocycles. The Bertz CT molecular complexity index is 610. The van der Waals surface area contributed by atoms with Crippen molar-refractivity contribution >= 4 is 16.9 Å². The summed E-state index contributed by atoms with van der Waals surface area (Å²) >= 11 is 0. The van der Waals surface area contributed by atoms with Crippen LogP contribution in [0.3, 0.4) is 0 Å². The maximum Gasteiger partial charge on any atom is 0.320 e. The van der Waals surface area contributed by atoms with Crippen molar-refractivity contribution in [2.45, 2.75) is 12.5 Å². The van der Waals surface area contributed by atoms with E-state index in [1.807, 2.05) is 6.07 Å². The van der Waals surface area contributed by atoms with Crippen molar-refractivity contribution in [3.05, 3.63) is 35.5 Å². The van der Waals surface area contributed by atoms with Gasteiger partial charge in [0, 0.05) is 18.0 Å². The van der Waals surface area contributed by atoms with Gasteiger partial charge >= 0.3 is 5.97 Å². The number of carboxylic acid groups (broad SMARTS) is 1. The number of nitrogens with one attached hydrogen (secondary N) is 1. The molecule has 86 valence electrons. The Hall–Kier alpha value is -2.32. The van der Waals surface area contributed by atoms with Crippen LogP contribution in [0.25, 0.3) is 10.9 Å². The van der Waals surface area contributed by atoms with E-state index in [2.05, 4.69) is 11.1 Å². The van der Waals surface area contributed by atoms with E-state index in [0.717, 1.165) is 16.5 Å². The first kappa shape index (κ1) is 11.2. The number of para-hydroxylation sites is 1. The van der Waals surface area contributed by atoms with Crippen LogP contribution in [-0.2, 0) is 11.2 Å². The third-order valence-electron chi connectivity index (χ3n) is 2.68. The van der Waals surface area contributed by atoms with Crippen LogP contribution >= 0.6 is 0 Å². The normalized spacial score (nSPS) is 12.2. The van der Waals surface area contributed by atoms with Crippen molar-refractivity contribution in [3.63, 3.8) is 0 Å². The molecule has 1 aromatic heterocycles. The Labute approximate surface area is 97.5 Å². The molecule has 0 aliphatic carbocycles. The van der Waals surface area contributed by atoms with Gasteiger partial charge in [-0.3, -0.25) is 4.79 Å². The zero-order valence-electron chi connectivity index (χ0n) is 8.97. The number of carbonyl (C=O) groups is 1. The minimum Gasteiger partial charge on any atom is -0.480 e. The Morgan fingerprint density at radius 3 is 3.00 bits per heavy atom. The van der Waals surface area contributed by atoms with E-state index in [4.69, 9.17) is 16.1 Å². The number of nitriles is 1. The van der Waals surface area contributed by atoms with Crippen LogP contribution in [0.2, 0.25) is 0 Å². The van der Waals surface area contributed by atoms with Crippen LogP contribution in [0.5, 0.6) is 0 Å². The molecule has 1 heterocycles. The first-order chi connectivity index (χ1) is 8.13. The van der Waals surface area contributed by atoms with Gasteiger partial charge in [-0.25, -0.2) is 0 Å². The average Bonchev–Trinajstić information content (AvgIpc) is 2.72. The minimum atomic E-state index is -1.03. The Kier molecular flexibility index (Phi) is 2.81. The summed E-state index contributed by atoms with van der Waals surface area (Å²) < 4.78 is 0. The van der Waals surface area contributed by atoms with Crippen molar-refractivity contribution in [1.82, 2.24) is 4.98 Å². The van der Waals surface area contributed by atoms with E-state index in [9.17, 15) is 4.79 Å². The highest BCUT2D eigenvalue weighted by atomic mass is 16.4. The molecule has 0 unspecified atom stereocenters. The molecule has 1 atom stereocenters. The molecule has 0 spiro atoms. The lowest BCUT2D eigenvalue weighted by Gasteiger charge is -2.04. The molecule has 2 aromatic rings. The number of benzene rings is 1. The second kappa shape index (κ2) is 4.28. The number of H-pyrrole nitrogens is 1. The first-order valence-electron chi connectivity index (χ1n) is 5.11. The van der Waals surface area contributed by atoms with Crippen molar-refractivity contribution < 1.29 is 9.90 Å². The molecule has 0 saturated heterocycles. The van der Waals surface area contributed by atoms with Crippen LogP contribution in [0, 0.1) is 11.3 Å². The summed E-state index contributed by atoms with van der Waals surface area (Å²) in [5.41, 5.74) is 7.57. The molecule has 0 bridgehead atoms. The quantitative estimate of drug-likeness (QED) is 0.730. The average molecular weight is 229 g/mol. The van der Waals surface area contributed by atoms with Crippen LogP contribution in [0.1, 0.15) is 11.1 Å². The fourth-order valence-electron chi connectivity index (χ4n) is 1.80. The predicted molar refractivity (Wildman–Crippen MR) is 62.3 cm³/mol. The van der Waals surface area contributed by atoms with Crippen molar-refractivity contribution in [3.8, 4) is 6.07 Å². The van der Waals surface area contributed by atoms with Gasteiger partial charge in [-0.15, -0.1) is 0 Å². The molecule has 0 radical (unpaired) electrons. The van der Waals surface area contributed by atoms with Crippen LogP contribution < -0.4 is 5.73 Å². The lowest BCUT2D eigenvalue weighted by atomic mass is 10.0. The standard InChI is InChI=1S/C12H11N3O2/c13-5-7-2-1-3-9-8(6-15-11(7)9)4-10(14)12(16)17/h1-3,6,10,15H,4,14H2,(H,16,17)/t10-/m1/s1. The lowest BCUT2D eigenvalue weighted by molar-refractivity contribution is -0.138. The number of carboxylic acids is 1. The van der Waals surface area contributed by atoms with E-state index in [0.29, 0.717) is 5.56 Å². The second-order valence-electron chi connectivity index (χ2n) is 3.80. The van der Waals surface area contributed by atoms with Crippen LogP contribution in [0.4, 0.5) is 0 Å². The van der Waals surface area contributed by atoms with Gasteiger partial charge in [0.1, 0.15) is 12.1 Å². The monoisotopic (exact) mass is 229 g/mol.